The van der Waals surface area contributed by atoms with Gasteiger partial charge < -0.3 is 10.5 Å². The van der Waals surface area contributed by atoms with Crippen LogP contribution in [0.4, 0.5) is 5.69 Å². The van der Waals surface area contributed by atoms with E-state index < -0.39 is 0 Å². The first-order valence-corrected chi connectivity index (χ1v) is 7.14. The van der Waals surface area contributed by atoms with Crippen molar-refractivity contribution in [1.82, 2.24) is 0 Å². The number of anilines is 1. The smallest absolute Gasteiger partial charge is 0.138 e. The molecule has 2 aromatic carbocycles. The lowest BCUT2D eigenvalue weighted by Crippen LogP contribution is -1.97. The molecule has 0 radical (unpaired) electrons. The molecule has 2 rings (SSSR count). The molecule has 2 N–H and O–H groups in total. The standard InChI is InChI=1S/C13H10Br2ClNO/c14-9-2-4-13(11(16)6-9)18-7-8-1-3-10(15)12(17)5-8/h1-6H,7,17H2. The van der Waals surface area contributed by atoms with Crippen molar-refractivity contribution in [3.63, 3.8) is 0 Å². The zero-order chi connectivity index (χ0) is 13.1. The maximum Gasteiger partial charge on any atom is 0.138 e. The second-order valence-corrected chi connectivity index (χ2v) is 5.90. The zero-order valence-electron chi connectivity index (χ0n) is 9.29. The van der Waals surface area contributed by atoms with Gasteiger partial charge in [-0.05, 0) is 51.8 Å². The minimum Gasteiger partial charge on any atom is -0.487 e. The van der Waals surface area contributed by atoms with Crippen LogP contribution < -0.4 is 10.5 Å². The van der Waals surface area contributed by atoms with Crippen LogP contribution in [0.3, 0.4) is 0 Å². The highest BCUT2D eigenvalue weighted by Gasteiger charge is 2.03. The van der Waals surface area contributed by atoms with E-state index in [1.165, 1.54) is 0 Å². The average Bonchev–Trinajstić information content (AvgIpc) is 2.32. The van der Waals surface area contributed by atoms with Gasteiger partial charge in [-0.2, -0.15) is 0 Å². The van der Waals surface area contributed by atoms with E-state index in [2.05, 4.69) is 31.9 Å². The lowest BCUT2D eigenvalue weighted by atomic mass is 10.2. The third-order valence-electron chi connectivity index (χ3n) is 2.35. The SMILES string of the molecule is Nc1cc(COc2ccc(Br)cc2Cl)ccc1Br. The van der Waals surface area contributed by atoms with Crippen molar-refractivity contribution in [2.45, 2.75) is 6.61 Å². The fraction of sp³-hybridized carbons (Fsp3) is 0.0769. The van der Waals surface area contributed by atoms with E-state index in [9.17, 15) is 0 Å². The molecule has 5 heteroatoms. The molecule has 94 valence electrons. The first-order chi connectivity index (χ1) is 8.56. The first-order valence-electron chi connectivity index (χ1n) is 5.18. The molecule has 0 unspecified atom stereocenters. The normalized spacial score (nSPS) is 10.4. The predicted octanol–water partition coefficient (Wildman–Crippen LogP) is 5.03. The molecule has 0 saturated carbocycles. The van der Waals surface area contributed by atoms with Crippen LogP contribution in [0.25, 0.3) is 0 Å². The van der Waals surface area contributed by atoms with Gasteiger partial charge in [0.05, 0.1) is 5.02 Å². The van der Waals surface area contributed by atoms with E-state index in [-0.39, 0.29) is 0 Å². The second-order valence-electron chi connectivity index (χ2n) is 3.72. The van der Waals surface area contributed by atoms with Crippen molar-refractivity contribution >= 4 is 49.1 Å². The van der Waals surface area contributed by atoms with Crippen LogP contribution in [0.2, 0.25) is 5.02 Å². The first kappa shape index (κ1) is 13.7. The Morgan fingerprint density at radius 2 is 1.89 bits per heavy atom. The van der Waals surface area contributed by atoms with Gasteiger partial charge in [-0.1, -0.05) is 33.6 Å². The highest BCUT2D eigenvalue weighted by atomic mass is 79.9. The van der Waals surface area contributed by atoms with Crippen molar-refractivity contribution in [1.29, 1.82) is 0 Å². The average molecular weight is 391 g/mol. The number of halogens is 3. The van der Waals surface area contributed by atoms with Gasteiger partial charge in [-0.25, -0.2) is 0 Å². The minimum absolute atomic E-state index is 0.429. The van der Waals surface area contributed by atoms with E-state index in [4.69, 9.17) is 22.1 Å². The van der Waals surface area contributed by atoms with E-state index in [1.54, 1.807) is 6.07 Å². The summed E-state index contributed by atoms with van der Waals surface area (Å²) in [5, 5.41) is 0.578. The van der Waals surface area contributed by atoms with E-state index in [0.717, 1.165) is 14.5 Å². The summed E-state index contributed by atoms with van der Waals surface area (Å²) in [4.78, 5) is 0. The van der Waals surface area contributed by atoms with Crippen LogP contribution in [0.5, 0.6) is 5.75 Å². The van der Waals surface area contributed by atoms with Gasteiger partial charge in [-0.3, -0.25) is 0 Å². The summed E-state index contributed by atoms with van der Waals surface area (Å²) in [5.41, 5.74) is 7.49. The molecule has 0 aliphatic carbocycles. The molecular weight excluding hydrogens is 381 g/mol. The number of benzene rings is 2. The van der Waals surface area contributed by atoms with Crippen molar-refractivity contribution in [3.8, 4) is 5.75 Å². The van der Waals surface area contributed by atoms with Crippen LogP contribution in [-0.4, -0.2) is 0 Å². The fourth-order valence-electron chi connectivity index (χ4n) is 1.44. The minimum atomic E-state index is 0.429. The second kappa shape index (κ2) is 5.95. The third-order valence-corrected chi connectivity index (χ3v) is 3.86. The van der Waals surface area contributed by atoms with E-state index >= 15 is 0 Å². The predicted molar refractivity (Wildman–Crippen MR) is 82.0 cm³/mol. The van der Waals surface area contributed by atoms with E-state index in [1.807, 2.05) is 30.3 Å². The quantitative estimate of drug-likeness (QED) is 0.745. The summed E-state index contributed by atoms with van der Waals surface area (Å²) < 4.78 is 7.46. The fourth-order valence-corrected chi connectivity index (χ4v) is 2.41. The van der Waals surface area contributed by atoms with Gasteiger partial charge in [0.2, 0.25) is 0 Å². The maximum absolute atomic E-state index is 6.07. The Labute approximate surface area is 127 Å². The van der Waals surface area contributed by atoms with Gasteiger partial charge in [-0.15, -0.1) is 0 Å². The molecule has 0 heterocycles. The van der Waals surface area contributed by atoms with Crippen LogP contribution in [0.15, 0.2) is 45.3 Å². The molecule has 0 fully saturated rings. The number of ether oxygens (including phenoxy) is 1. The number of nitrogen functional groups attached to an aromatic ring is 1. The Morgan fingerprint density at radius 3 is 2.56 bits per heavy atom. The molecule has 2 aromatic rings. The van der Waals surface area contributed by atoms with Crippen LogP contribution in [-0.2, 0) is 6.61 Å². The molecule has 0 aromatic heterocycles. The summed E-state index contributed by atoms with van der Waals surface area (Å²) >= 11 is 12.8. The summed E-state index contributed by atoms with van der Waals surface area (Å²) in [5.74, 6) is 0.654. The maximum atomic E-state index is 6.07. The summed E-state index contributed by atoms with van der Waals surface area (Å²) in [6.45, 7) is 0.429. The van der Waals surface area contributed by atoms with Gasteiger partial charge in [0.1, 0.15) is 12.4 Å². The number of rotatable bonds is 3. The van der Waals surface area contributed by atoms with Crippen LogP contribution >= 0.6 is 43.5 Å². The summed E-state index contributed by atoms with van der Waals surface area (Å²) in [6, 6.07) is 11.2. The molecule has 0 atom stereocenters. The Morgan fingerprint density at radius 1 is 1.11 bits per heavy atom. The van der Waals surface area contributed by atoms with Gasteiger partial charge in [0.25, 0.3) is 0 Å². The Kier molecular flexibility index (Phi) is 4.54. The lowest BCUT2D eigenvalue weighted by Gasteiger charge is -2.09. The molecule has 0 aliphatic heterocycles. The molecular formula is C13H10Br2ClNO. The molecule has 0 bridgehead atoms. The molecule has 2 nitrogen and oxygen atoms in total. The monoisotopic (exact) mass is 389 g/mol. The van der Waals surface area contributed by atoms with Crippen LogP contribution in [0, 0.1) is 0 Å². The summed E-state index contributed by atoms with van der Waals surface area (Å²) in [7, 11) is 0. The van der Waals surface area contributed by atoms with Gasteiger partial charge >= 0.3 is 0 Å². The molecule has 0 saturated heterocycles. The number of hydrogen-bond acceptors (Lipinski definition) is 2. The lowest BCUT2D eigenvalue weighted by molar-refractivity contribution is 0.306. The van der Waals surface area contributed by atoms with Gasteiger partial charge in [0, 0.05) is 14.6 Å². The van der Waals surface area contributed by atoms with Crippen molar-refractivity contribution in [2.75, 3.05) is 5.73 Å². The topological polar surface area (TPSA) is 35.2 Å². The highest BCUT2D eigenvalue weighted by Crippen LogP contribution is 2.29. The zero-order valence-corrected chi connectivity index (χ0v) is 13.2. The Bertz CT molecular complexity index is 575. The largest absolute Gasteiger partial charge is 0.487 e. The number of nitrogens with two attached hydrogens (primary N) is 1. The van der Waals surface area contributed by atoms with E-state index in [0.29, 0.717) is 23.1 Å². The summed E-state index contributed by atoms with van der Waals surface area (Å²) in [6.07, 6.45) is 0. The van der Waals surface area contributed by atoms with Crippen molar-refractivity contribution < 1.29 is 4.74 Å². The Balaban J connectivity index is 2.09. The molecule has 0 amide bonds. The molecule has 0 spiro atoms. The molecule has 0 aliphatic rings. The van der Waals surface area contributed by atoms with Crippen molar-refractivity contribution in [2.24, 2.45) is 0 Å². The van der Waals surface area contributed by atoms with Gasteiger partial charge in [0.15, 0.2) is 0 Å². The third kappa shape index (κ3) is 3.40. The highest BCUT2D eigenvalue weighted by molar-refractivity contribution is 9.10. The van der Waals surface area contributed by atoms with Crippen LogP contribution in [0.1, 0.15) is 5.56 Å². The Hall–Kier alpha value is -0.710. The van der Waals surface area contributed by atoms with Crippen molar-refractivity contribution in [3.05, 3.63) is 55.9 Å². The molecule has 18 heavy (non-hydrogen) atoms. The number of hydrogen-bond donors (Lipinski definition) is 1.